The van der Waals surface area contributed by atoms with Crippen molar-refractivity contribution in [3.63, 3.8) is 0 Å². The summed E-state index contributed by atoms with van der Waals surface area (Å²) in [5.41, 5.74) is 1.30. The van der Waals surface area contributed by atoms with E-state index in [0.29, 0.717) is 5.92 Å². The summed E-state index contributed by atoms with van der Waals surface area (Å²) in [5.74, 6) is 0.608. The van der Waals surface area contributed by atoms with E-state index in [-0.39, 0.29) is 6.04 Å². The molecule has 1 aliphatic heterocycles. The van der Waals surface area contributed by atoms with Crippen LogP contribution in [0, 0.1) is 17.2 Å². The van der Waals surface area contributed by atoms with Crippen molar-refractivity contribution in [2.45, 2.75) is 25.4 Å². The summed E-state index contributed by atoms with van der Waals surface area (Å²) in [4.78, 5) is 2.17. The molecule has 0 radical (unpaired) electrons. The maximum atomic E-state index is 9.18. The van der Waals surface area contributed by atoms with Crippen LogP contribution in [0.2, 0.25) is 0 Å². The fraction of sp³-hybridized carbons (Fsp3) is 0.438. The molecule has 2 atom stereocenters. The molecule has 1 aromatic heterocycles. The Morgan fingerprint density at radius 3 is 3.00 bits per heavy atom. The highest BCUT2D eigenvalue weighted by molar-refractivity contribution is 5.79. The Labute approximate surface area is 114 Å². The molecule has 1 aliphatic rings. The van der Waals surface area contributed by atoms with Crippen molar-refractivity contribution in [3.05, 3.63) is 36.5 Å². The summed E-state index contributed by atoms with van der Waals surface area (Å²) in [7, 11) is 2.05. The van der Waals surface area contributed by atoms with Crippen molar-refractivity contribution in [2.24, 2.45) is 5.92 Å². The van der Waals surface area contributed by atoms with Gasteiger partial charge in [0.05, 0.1) is 12.1 Å². The van der Waals surface area contributed by atoms with Gasteiger partial charge in [0.2, 0.25) is 0 Å². The molecule has 3 nitrogen and oxygen atoms in total. The van der Waals surface area contributed by atoms with Crippen LogP contribution in [0.5, 0.6) is 0 Å². The highest BCUT2D eigenvalue weighted by Gasteiger charge is 2.26. The van der Waals surface area contributed by atoms with Crippen molar-refractivity contribution in [1.82, 2.24) is 9.47 Å². The molecule has 98 valence electrons. The van der Waals surface area contributed by atoms with Crippen LogP contribution in [0.4, 0.5) is 0 Å². The fourth-order valence-electron chi connectivity index (χ4n) is 3.05. The highest BCUT2D eigenvalue weighted by Crippen LogP contribution is 2.25. The van der Waals surface area contributed by atoms with Crippen LogP contribution in [0.15, 0.2) is 36.5 Å². The fourth-order valence-corrected chi connectivity index (χ4v) is 3.05. The summed E-state index contributed by atoms with van der Waals surface area (Å²) >= 11 is 0. The molecule has 3 heteroatoms. The molecule has 19 heavy (non-hydrogen) atoms. The lowest BCUT2D eigenvalue weighted by atomic mass is 9.91. The predicted molar refractivity (Wildman–Crippen MR) is 76.7 cm³/mol. The molecule has 0 N–H and O–H groups in total. The van der Waals surface area contributed by atoms with Gasteiger partial charge in [0.25, 0.3) is 0 Å². The lowest BCUT2D eigenvalue weighted by molar-refractivity contribution is 0.166. The Morgan fingerprint density at radius 1 is 1.32 bits per heavy atom. The van der Waals surface area contributed by atoms with Crippen LogP contribution in [0.25, 0.3) is 10.9 Å². The number of piperidine rings is 1. The zero-order valence-electron chi connectivity index (χ0n) is 11.3. The number of hydrogen-bond acceptors (Lipinski definition) is 2. The zero-order valence-corrected chi connectivity index (χ0v) is 11.3. The van der Waals surface area contributed by atoms with Gasteiger partial charge in [0.15, 0.2) is 0 Å². The van der Waals surface area contributed by atoms with E-state index in [1.807, 2.05) is 0 Å². The first-order chi connectivity index (χ1) is 9.28. The quantitative estimate of drug-likeness (QED) is 0.824. The summed E-state index contributed by atoms with van der Waals surface area (Å²) in [5, 5.41) is 10.5. The van der Waals surface area contributed by atoms with Gasteiger partial charge in [-0.3, -0.25) is 4.90 Å². The van der Waals surface area contributed by atoms with E-state index < -0.39 is 0 Å². The summed E-state index contributed by atoms with van der Waals surface area (Å²) in [6.45, 7) is 2.06. The molecule has 2 aromatic rings. The number of fused-ring (bicyclic) bond motifs is 1. The van der Waals surface area contributed by atoms with Gasteiger partial charge >= 0.3 is 0 Å². The van der Waals surface area contributed by atoms with Crippen molar-refractivity contribution < 1.29 is 0 Å². The average Bonchev–Trinajstić information content (AvgIpc) is 2.84. The minimum atomic E-state index is 0.0839. The molecule has 0 spiro atoms. The number of hydrogen-bond donors (Lipinski definition) is 0. The van der Waals surface area contributed by atoms with E-state index in [4.69, 9.17) is 0 Å². The molecule has 2 heterocycles. The van der Waals surface area contributed by atoms with Crippen LogP contribution >= 0.6 is 0 Å². The Morgan fingerprint density at radius 2 is 2.16 bits per heavy atom. The van der Waals surface area contributed by atoms with Gasteiger partial charge in [-0.05, 0) is 49.9 Å². The number of rotatable bonds is 2. The second-order valence-electron chi connectivity index (χ2n) is 5.54. The Hall–Kier alpha value is -1.79. The van der Waals surface area contributed by atoms with Gasteiger partial charge < -0.3 is 4.57 Å². The van der Waals surface area contributed by atoms with Crippen LogP contribution in [-0.2, 0) is 6.54 Å². The van der Waals surface area contributed by atoms with Crippen molar-refractivity contribution in [1.29, 1.82) is 5.26 Å². The molecule has 0 unspecified atom stereocenters. The van der Waals surface area contributed by atoms with E-state index in [0.717, 1.165) is 19.5 Å². The molecule has 0 amide bonds. The standard InChI is InChI=1S/C16H19N3/c1-18-8-6-13(10-15(18)11-17)12-19-9-7-14-4-2-3-5-16(14)19/h2-5,7,9,13,15H,6,8,10,12H2,1H3/t13-,15-/m1/s1. The molecular weight excluding hydrogens is 234 g/mol. The Bertz CT molecular complexity index is 608. The van der Waals surface area contributed by atoms with Gasteiger partial charge in [-0.15, -0.1) is 0 Å². The number of aromatic nitrogens is 1. The third-order valence-corrected chi connectivity index (χ3v) is 4.26. The number of para-hydroxylation sites is 1. The van der Waals surface area contributed by atoms with Crippen molar-refractivity contribution in [3.8, 4) is 6.07 Å². The number of benzene rings is 1. The molecule has 1 aromatic carbocycles. The summed E-state index contributed by atoms with van der Waals surface area (Å²) < 4.78 is 2.33. The third-order valence-electron chi connectivity index (χ3n) is 4.26. The summed E-state index contributed by atoms with van der Waals surface area (Å²) in [6, 6.07) is 13.2. The Kier molecular flexibility index (Phi) is 3.27. The molecule has 3 rings (SSSR count). The first-order valence-corrected chi connectivity index (χ1v) is 6.91. The number of likely N-dealkylation sites (tertiary alicyclic amines) is 1. The Balaban J connectivity index is 1.77. The topological polar surface area (TPSA) is 32.0 Å². The maximum Gasteiger partial charge on any atom is 0.0978 e. The SMILES string of the molecule is CN1CC[C@@H](Cn2ccc3ccccc32)C[C@@H]1C#N. The van der Waals surface area contributed by atoms with Crippen LogP contribution < -0.4 is 0 Å². The minimum absolute atomic E-state index is 0.0839. The van der Waals surface area contributed by atoms with Gasteiger partial charge in [0.1, 0.15) is 0 Å². The minimum Gasteiger partial charge on any atom is -0.347 e. The van der Waals surface area contributed by atoms with E-state index in [1.54, 1.807) is 0 Å². The van der Waals surface area contributed by atoms with Crippen LogP contribution in [0.3, 0.4) is 0 Å². The maximum absolute atomic E-state index is 9.18. The van der Waals surface area contributed by atoms with Gasteiger partial charge in [-0.2, -0.15) is 5.26 Å². The molecule has 0 aliphatic carbocycles. The van der Waals surface area contributed by atoms with E-state index >= 15 is 0 Å². The monoisotopic (exact) mass is 253 g/mol. The largest absolute Gasteiger partial charge is 0.347 e. The first kappa shape index (κ1) is 12.3. The molecular formula is C16H19N3. The van der Waals surface area contributed by atoms with Crippen molar-refractivity contribution in [2.75, 3.05) is 13.6 Å². The normalized spacial score (nSPS) is 24.4. The predicted octanol–water partition coefficient (Wildman–Crippen LogP) is 2.88. The zero-order chi connectivity index (χ0) is 13.2. The lowest BCUT2D eigenvalue weighted by Gasteiger charge is -2.33. The second-order valence-corrected chi connectivity index (χ2v) is 5.54. The average molecular weight is 253 g/mol. The summed E-state index contributed by atoms with van der Waals surface area (Å²) in [6.07, 6.45) is 4.34. The van der Waals surface area contributed by atoms with Gasteiger partial charge in [0, 0.05) is 18.3 Å². The first-order valence-electron chi connectivity index (χ1n) is 6.91. The number of nitrogens with zero attached hydrogens (tertiary/aromatic N) is 3. The highest BCUT2D eigenvalue weighted by atomic mass is 15.1. The second kappa shape index (κ2) is 5.07. The van der Waals surface area contributed by atoms with Gasteiger partial charge in [-0.1, -0.05) is 18.2 Å². The van der Waals surface area contributed by atoms with E-state index in [1.165, 1.54) is 17.3 Å². The van der Waals surface area contributed by atoms with Crippen molar-refractivity contribution >= 4 is 10.9 Å². The molecule has 1 saturated heterocycles. The molecule has 1 fully saturated rings. The van der Waals surface area contributed by atoms with E-state index in [2.05, 4.69) is 59.1 Å². The third kappa shape index (κ3) is 2.36. The molecule has 0 saturated carbocycles. The lowest BCUT2D eigenvalue weighted by Crippen LogP contribution is -2.39. The molecule has 0 bridgehead atoms. The smallest absolute Gasteiger partial charge is 0.0978 e. The van der Waals surface area contributed by atoms with Gasteiger partial charge in [-0.25, -0.2) is 0 Å². The van der Waals surface area contributed by atoms with Crippen LogP contribution in [-0.4, -0.2) is 29.1 Å². The van der Waals surface area contributed by atoms with Crippen LogP contribution in [0.1, 0.15) is 12.8 Å². The van der Waals surface area contributed by atoms with E-state index in [9.17, 15) is 5.26 Å². The number of nitriles is 1.